The second kappa shape index (κ2) is 13.6. The molecule has 2 aliphatic heterocycles. The van der Waals surface area contributed by atoms with Crippen molar-refractivity contribution >= 4 is 39.8 Å². The minimum Gasteiger partial charge on any atom is -0.495 e. The van der Waals surface area contributed by atoms with E-state index in [1.807, 2.05) is 32.0 Å². The van der Waals surface area contributed by atoms with E-state index in [1.54, 1.807) is 36.4 Å². The van der Waals surface area contributed by atoms with Gasteiger partial charge in [-0.2, -0.15) is 0 Å². The molecule has 0 bridgehead atoms. The zero-order valence-corrected chi connectivity index (χ0v) is 26.2. The number of nitrogens with one attached hydrogen (secondary N) is 2. The Labute approximate surface area is 267 Å². The fourth-order valence-corrected chi connectivity index (χ4v) is 5.72. The van der Waals surface area contributed by atoms with E-state index in [2.05, 4.69) is 37.1 Å². The molecular weight excluding hydrogens is 589 g/mol. The number of ether oxygens (including phenoxy) is 3. The van der Waals surface area contributed by atoms with Crippen molar-refractivity contribution in [3.63, 3.8) is 0 Å². The summed E-state index contributed by atoms with van der Waals surface area (Å²) < 4.78 is 32.9. The molecule has 240 valence electrons. The fraction of sp³-hybridized carbons (Fsp3) is 0.353. The fourth-order valence-electron chi connectivity index (χ4n) is 5.72. The van der Waals surface area contributed by atoms with E-state index < -0.39 is 5.82 Å². The Bertz CT molecular complexity index is 1720. The molecule has 2 fully saturated rings. The molecule has 2 aromatic heterocycles. The number of hydrogen-bond donors (Lipinski definition) is 2. The predicted molar refractivity (Wildman–Crippen MR) is 176 cm³/mol. The van der Waals surface area contributed by atoms with E-state index in [4.69, 9.17) is 14.2 Å². The summed E-state index contributed by atoms with van der Waals surface area (Å²) in [6.45, 7) is 10.5. The van der Waals surface area contributed by atoms with Gasteiger partial charge in [0.1, 0.15) is 41.0 Å². The van der Waals surface area contributed by atoms with E-state index in [9.17, 15) is 4.79 Å². The number of fused-ring (bicyclic) bond motifs is 1. The molecule has 46 heavy (non-hydrogen) atoms. The van der Waals surface area contributed by atoms with E-state index in [0.717, 1.165) is 37.4 Å². The molecule has 1 amide bonds. The van der Waals surface area contributed by atoms with Crippen LogP contribution in [0.2, 0.25) is 0 Å². The Balaban J connectivity index is 1.15. The van der Waals surface area contributed by atoms with Gasteiger partial charge in [-0.1, -0.05) is 6.58 Å². The van der Waals surface area contributed by atoms with Gasteiger partial charge in [-0.3, -0.25) is 4.79 Å². The Kier molecular flexibility index (Phi) is 9.16. The smallest absolute Gasteiger partial charge is 0.245 e. The standard InChI is InChI=1S/C34H38FN7O4/c1-5-33(43)41-12-9-22(10-13-41)39-30-16-26-29(17-31(30)44-4)37-20-38-34(26)40-28-7-6-23(14-27(28)35)46-24-8-11-36-32(15-24)42-18-25(19-42)45-21(2)3/h5-8,11,14-17,20-22,25,39H,1,9-10,12-13,18-19H2,2-4H3,(H,37,38,40). The molecule has 11 nitrogen and oxygen atoms in total. The van der Waals surface area contributed by atoms with Crippen molar-refractivity contribution < 1.29 is 23.4 Å². The number of nitrogens with zero attached hydrogens (tertiary/aromatic N) is 5. The van der Waals surface area contributed by atoms with Gasteiger partial charge in [0.15, 0.2) is 0 Å². The first-order valence-electron chi connectivity index (χ1n) is 15.4. The molecule has 2 aromatic carbocycles. The van der Waals surface area contributed by atoms with Gasteiger partial charge in [0.25, 0.3) is 0 Å². The molecule has 0 unspecified atom stereocenters. The molecule has 0 spiro atoms. The summed E-state index contributed by atoms with van der Waals surface area (Å²) >= 11 is 0. The zero-order chi connectivity index (χ0) is 32.2. The highest BCUT2D eigenvalue weighted by Gasteiger charge is 2.29. The summed E-state index contributed by atoms with van der Waals surface area (Å²) in [7, 11) is 1.60. The zero-order valence-electron chi connectivity index (χ0n) is 26.2. The molecule has 0 atom stereocenters. The number of pyridine rings is 1. The number of rotatable bonds is 11. The van der Waals surface area contributed by atoms with Crippen LogP contribution in [-0.2, 0) is 9.53 Å². The quantitative estimate of drug-likeness (QED) is 0.195. The average molecular weight is 628 g/mol. The van der Waals surface area contributed by atoms with Gasteiger partial charge in [-0.05, 0) is 57.0 Å². The number of methoxy groups -OCH3 is 1. The molecule has 12 heteroatoms. The largest absolute Gasteiger partial charge is 0.495 e. The number of carbonyl (C=O) groups excluding carboxylic acids is 1. The van der Waals surface area contributed by atoms with Crippen LogP contribution in [0, 0.1) is 5.82 Å². The lowest BCUT2D eigenvalue weighted by Crippen LogP contribution is -2.53. The van der Waals surface area contributed by atoms with Crippen LogP contribution in [-0.4, -0.2) is 77.3 Å². The summed E-state index contributed by atoms with van der Waals surface area (Å²) in [5, 5.41) is 7.37. The minimum atomic E-state index is -0.498. The topological polar surface area (TPSA) is 114 Å². The summed E-state index contributed by atoms with van der Waals surface area (Å²) in [5.74, 6) is 2.23. The summed E-state index contributed by atoms with van der Waals surface area (Å²) in [6, 6.07) is 12.1. The number of halogens is 1. The maximum Gasteiger partial charge on any atom is 0.245 e. The van der Waals surface area contributed by atoms with Crippen LogP contribution in [0.25, 0.3) is 10.9 Å². The third kappa shape index (κ3) is 6.96. The van der Waals surface area contributed by atoms with Gasteiger partial charge >= 0.3 is 0 Å². The Hall–Kier alpha value is -4.97. The normalized spacial score (nSPS) is 15.5. The highest BCUT2D eigenvalue weighted by Crippen LogP contribution is 2.35. The first-order valence-corrected chi connectivity index (χ1v) is 15.4. The van der Waals surface area contributed by atoms with Crippen LogP contribution < -0.4 is 25.0 Å². The number of anilines is 4. The third-order valence-corrected chi connectivity index (χ3v) is 8.08. The van der Waals surface area contributed by atoms with Crippen LogP contribution in [0.15, 0.2) is 67.6 Å². The Morgan fingerprint density at radius 3 is 2.54 bits per heavy atom. The average Bonchev–Trinajstić information content (AvgIpc) is 3.03. The Morgan fingerprint density at radius 2 is 1.83 bits per heavy atom. The van der Waals surface area contributed by atoms with Crippen molar-refractivity contribution in [2.24, 2.45) is 0 Å². The van der Waals surface area contributed by atoms with E-state index in [1.165, 1.54) is 18.5 Å². The van der Waals surface area contributed by atoms with Crippen molar-refractivity contribution in [1.82, 2.24) is 19.9 Å². The molecule has 0 aliphatic carbocycles. The molecule has 2 N–H and O–H groups in total. The van der Waals surface area contributed by atoms with Crippen molar-refractivity contribution in [3.8, 4) is 17.2 Å². The molecule has 0 radical (unpaired) electrons. The number of carbonyl (C=O) groups is 1. The number of aromatic nitrogens is 3. The number of piperidine rings is 1. The maximum absolute atomic E-state index is 15.4. The lowest BCUT2D eigenvalue weighted by atomic mass is 10.0. The molecule has 2 saturated heterocycles. The van der Waals surface area contributed by atoms with Crippen LogP contribution in [0.1, 0.15) is 26.7 Å². The lowest BCUT2D eigenvalue weighted by Gasteiger charge is -2.40. The van der Waals surface area contributed by atoms with E-state index in [0.29, 0.717) is 47.1 Å². The monoisotopic (exact) mass is 627 g/mol. The van der Waals surface area contributed by atoms with Gasteiger partial charge in [0.05, 0.1) is 36.2 Å². The minimum absolute atomic E-state index is 0.0545. The molecule has 4 heterocycles. The maximum atomic E-state index is 15.4. The van der Waals surface area contributed by atoms with Crippen LogP contribution in [0.5, 0.6) is 17.2 Å². The highest BCUT2D eigenvalue weighted by molar-refractivity contribution is 5.95. The summed E-state index contributed by atoms with van der Waals surface area (Å²) in [5.41, 5.74) is 1.65. The third-order valence-electron chi connectivity index (χ3n) is 8.08. The van der Waals surface area contributed by atoms with Crippen molar-refractivity contribution in [2.75, 3.05) is 48.8 Å². The number of hydrogen-bond acceptors (Lipinski definition) is 10. The van der Waals surface area contributed by atoms with E-state index in [-0.39, 0.29) is 29.8 Å². The van der Waals surface area contributed by atoms with Crippen molar-refractivity contribution in [3.05, 3.63) is 73.5 Å². The van der Waals surface area contributed by atoms with Crippen LogP contribution in [0.3, 0.4) is 0 Å². The first-order chi connectivity index (χ1) is 22.3. The molecule has 0 saturated carbocycles. The summed E-state index contributed by atoms with van der Waals surface area (Å²) in [4.78, 5) is 29.2. The second-order valence-electron chi connectivity index (χ2n) is 11.7. The van der Waals surface area contributed by atoms with Gasteiger partial charge < -0.3 is 34.6 Å². The molecular formula is C34H38FN7O4. The van der Waals surface area contributed by atoms with E-state index >= 15 is 4.39 Å². The molecule has 4 aromatic rings. The van der Waals surface area contributed by atoms with Gasteiger partial charge in [0.2, 0.25) is 5.91 Å². The van der Waals surface area contributed by atoms with Crippen LogP contribution in [0.4, 0.5) is 27.4 Å². The van der Waals surface area contributed by atoms with Gasteiger partial charge in [-0.15, -0.1) is 0 Å². The van der Waals surface area contributed by atoms with Crippen molar-refractivity contribution in [1.29, 1.82) is 0 Å². The first kappa shape index (κ1) is 31.0. The predicted octanol–water partition coefficient (Wildman–Crippen LogP) is 5.91. The number of benzene rings is 2. The molecule has 6 rings (SSSR count). The second-order valence-corrected chi connectivity index (χ2v) is 11.7. The SMILES string of the molecule is C=CC(=O)N1CCC(Nc2cc3c(Nc4ccc(Oc5ccnc(N6CC(OC(C)C)C6)c5)cc4F)ncnc3cc2OC)CC1. The summed E-state index contributed by atoms with van der Waals surface area (Å²) in [6.07, 6.45) is 6.39. The number of amides is 1. The van der Waals surface area contributed by atoms with Gasteiger partial charge in [0, 0.05) is 62.0 Å². The lowest BCUT2D eigenvalue weighted by molar-refractivity contribution is -0.126. The Morgan fingerprint density at radius 1 is 1.04 bits per heavy atom. The van der Waals surface area contributed by atoms with Crippen molar-refractivity contribution in [2.45, 2.75) is 44.9 Å². The van der Waals surface area contributed by atoms with Crippen LogP contribution >= 0.6 is 0 Å². The highest BCUT2D eigenvalue weighted by atomic mass is 19.1. The van der Waals surface area contributed by atoms with Gasteiger partial charge in [-0.25, -0.2) is 19.3 Å². The molecule has 2 aliphatic rings. The number of likely N-dealkylation sites (tertiary alicyclic amines) is 1.